The first-order valence-electron chi connectivity index (χ1n) is 4.80. The van der Waals surface area contributed by atoms with E-state index >= 15 is 0 Å². The van der Waals surface area contributed by atoms with E-state index < -0.39 is 0 Å². The minimum atomic E-state index is 0.565. The van der Waals surface area contributed by atoms with Crippen molar-refractivity contribution in [2.24, 2.45) is 0 Å². The summed E-state index contributed by atoms with van der Waals surface area (Å²) in [5, 5.41) is 0. The minimum Gasteiger partial charge on any atom is -0.0985 e. The van der Waals surface area contributed by atoms with Crippen molar-refractivity contribution < 1.29 is 0 Å². The van der Waals surface area contributed by atoms with E-state index in [2.05, 4.69) is 30.8 Å². The molecule has 0 radical (unpaired) electrons. The Labute approximate surface area is 83.0 Å². The zero-order valence-corrected chi connectivity index (χ0v) is 8.65. The van der Waals surface area contributed by atoms with Gasteiger partial charge in [-0.1, -0.05) is 24.8 Å². The summed E-state index contributed by atoms with van der Waals surface area (Å²) in [5.41, 5.74) is 1.23. The van der Waals surface area contributed by atoms with Crippen LogP contribution >= 0.6 is 0 Å². The van der Waals surface area contributed by atoms with E-state index in [1.54, 1.807) is 4.90 Å². The van der Waals surface area contributed by atoms with Crippen LogP contribution in [-0.4, -0.2) is 11.5 Å². The van der Waals surface area contributed by atoms with E-state index in [-0.39, 0.29) is 0 Å². The fourth-order valence-electron chi connectivity index (χ4n) is 1.69. The fraction of sp³-hybridized carbons (Fsp3) is 0.333. The molecule has 1 aliphatic rings. The van der Waals surface area contributed by atoms with Crippen LogP contribution in [0.5, 0.6) is 0 Å². The average molecular weight is 191 g/mol. The van der Waals surface area contributed by atoms with Gasteiger partial charge in [0.1, 0.15) is 11.5 Å². The van der Waals surface area contributed by atoms with Crippen molar-refractivity contribution in [1.82, 2.24) is 0 Å². The topological polar surface area (TPSA) is 0 Å². The molecule has 1 fully saturated rings. The molecule has 1 saturated heterocycles. The van der Waals surface area contributed by atoms with Gasteiger partial charge in [-0.15, -0.1) is 0 Å². The SMILES string of the molecule is C=Cc1ccc([S+]2CCCC2)cc1. The molecule has 2 rings (SSSR count). The van der Waals surface area contributed by atoms with Gasteiger partial charge in [0.15, 0.2) is 4.90 Å². The second-order valence-corrected chi connectivity index (χ2v) is 5.65. The zero-order valence-electron chi connectivity index (χ0n) is 7.83. The Morgan fingerprint density at radius 2 is 1.69 bits per heavy atom. The molecule has 0 aromatic heterocycles. The Morgan fingerprint density at radius 3 is 2.23 bits per heavy atom. The summed E-state index contributed by atoms with van der Waals surface area (Å²) in [5.74, 6) is 2.82. The third kappa shape index (κ3) is 1.97. The molecule has 1 aliphatic heterocycles. The highest BCUT2D eigenvalue weighted by Crippen LogP contribution is 2.23. The Bertz CT molecular complexity index is 280. The number of benzene rings is 1. The Balaban J connectivity index is 2.16. The van der Waals surface area contributed by atoms with Crippen molar-refractivity contribution in [2.75, 3.05) is 11.5 Å². The van der Waals surface area contributed by atoms with E-state index in [4.69, 9.17) is 0 Å². The molecule has 0 spiro atoms. The largest absolute Gasteiger partial charge is 0.154 e. The predicted octanol–water partition coefficient (Wildman–Crippen LogP) is 3.10. The molecule has 1 heteroatoms. The van der Waals surface area contributed by atoms with E-state index in [0.717, 1.165) is 0 Å². The molecule has 0 bridgehead atoms. The molecule has 1 heterocycles. The Kier molecular flexibility index (Phi) is 2.74. The van der Waals surface area contributed by atoms with Crippen molar-refractivity contribution in [1.29, 1.82) is 0 Å². The second-order valence-electron chi connectivity index (χ2n) is 3.38. The highest BCUT2D eigenvalue weighted by molar-refractivity contribution is 7.97. The van der Waals surface area contributed by atoms with E-state index in [1.807, 2.05) is 6.08 Å². The molecule has 13 heavy (non-hydrogen) atoms. The lowest BCUT2D eigenvalue weighted by molar-refractivity contribution is 0.949. The highest BCUT2D eigenvalue weighted by Gasteiger charge is 2.26. The standard InChI is InChI=1S/C12H15S/c1-2-11-5-7-12(8-6-11)13-9-3-4-10-13/h2,5-8H,1,3-4,9-10H2/q+1. The van der Waals surface area contributed by atoms with Gasteiger partial charge in [0, 0.05) is 10.9 Å². The normalized spacial score (nSPS) is 17.5. The van der Waals surface area contributed by atoms with Crippen LogP contribution in [0.25, 0.3) is 6.08 Å². The molecule has 0 unspecified atom stereocenters. The van der Waals surface area contributed by atoms with Gasteiger partial charge in [-0.25, -0.2) is 0 Å². The van der Waals surface area contributed by atoms with Gasteiger partial charge in [-0.3, -0.25) is 0 Å². The highest BCUT2D eigenvalue weighted by atomic mass is 32.2. The predicted molar refractivity (Wildman–Crippen MR) is 61.1 cm³/mol. The molecule has 0 nitrogen and oxygen atoms in total. The average Bonchev–Trinajstić information content (AvgIpc) is 2.71. The fourth-order valence-corrected chi connectivity index (χ4v) is 3.99. The first kappa shape index (κ1) is 8.89. The van der Waals surface area contributed by atoms with Gasteiger partial charge in [0.05, 0.1) is 0 Å². The van der Waals surface area contributed by atoms with Crippen LogP contribution in [0, 0.1) is 0 Å². The Hall–Kier alpha value is -0.690. The summed E-state index contributed by atoms with van der Waals surface area (Å²) in [6, 6.07) is 8.89. The van der Waals surface area contributed by atoms with Crippen molar-refractivity contribution in [3.8, 4) is 0 Å². The van der Waals surface area contributed by atoms with Gasteiger partial charge in [0.2, 0.25) is 0 Å². The molecule has 0 saturated carbocycles. The first-order valence-corrected chi connectivity index (χ1v) is 6.36. The summed E-state index contributed by atoms with van der Waals surface area (Å²) < 4.78 is 0. The van der Waals surface area contributed by atoms with E-state index in [1.165, 1.54) is 29.9 Å². The van der Waals surface area contributed by atoms with Crippen LogP contribution in [-0.2, 0) is 10.9 Å². The molecule has 68 valence electrons. The van der Waals surface area contributed by atoms with Crippen molar-refractivity contribution in [3.63, 3.8) is 0 Å². The van der Waals surface area contributed by atoms with Gasteiger partial charge < -0.3 is 0 Å². The van der Waals surface area contributed by atoms with Crippen LogP contribution in [0.1, 0.15) is 18.4 Å². The maximum absolute atomic E-state index is 3.76. The summed E-state index contributed by atoms with van der Waals surface area (Å²) in [7, 11) is 0.565. The Morgan fingerprint density at radius 1 is 1.08 bits per heavy atom. The summed E-state index contributed by atoms with van der Waals surface area (Å²) in [6.45, 7) is 3.76. The first-order chi connectivity index (χ1) is 6.40. The third-order valence-corrected chi connectivity index (χ3v) is 4.98. The number of hydrogen-bond donors (Lipinski definition) is 0. The van der Waals surface area contributed by atoms with Crippen LogP contribution in [0.15, 0.2) is 35.7 Å². The van der Waals surface area contributed by atoms with Crippen molar-refractivity contribution in [3.05, 3.63) is 36.4 Å². The summed E-state index contributed by atoms with van der Waals surface area (Å²) >= 11 is 0. The zero-order chi connectivity index (χ0) is 9.10. The minimum absolute atomic E-state index is 0.565. The number of rotatable bonds is 2. The molecular formula is C12H15S+. The molecule has 0 amide bonds. The van der Waals surface area contributed by atoms with Crippen molar-refractivity contribution in [2.45, 2.75) is 17.7 Å². The second kappa shape index (κ2) is 4.01. The smallest absolute Gasteiger partial charge is 0.0985 e. The molecule has 0 N–H and O–H groups in total. The van der Waals surface area contributed by atoms with Gasteiger partial charge >= 0.3 is 0 Å². The lowest BCUT2D eigenvalue weighted by Crippen LogP contribution is -2.03. The van der Waals surface area contributed by atoms with Crippen LogP contribution in [0.4, 0.5) is 0 Å². The number of hydrogen-bond acceptors (Lipinski definition) is 0. The maximum atomic E-state index is 3.76. The molecule has 0 atom stereocenters. The monoisotopic (exact) mass is 191 g/mol. The summed E-state index contributed by atoms with van der Waals surface area (Å²) in [6.07, 6.45) is 4.75. The molecule has 1 aromatic rings. The van der Waals surface area contributed by atoms with Gasteiger partial charge in [-0.05, 0) is 30.5 Å². The van der Waals surface area contributed by atoms with Crippen LogP contribution < -0.4 is 0 Å². The molecular weight excluding hydrogens is 176 g/mol. The third-order valence-electron chi connectivity index (χ3n) is 2.48. The van der Waals surface area contributed by atoms with Gasteiger partial charge in [-0.2, -0.15) is 0 Å². The lowest BCUT2D eigenvalue weighted by Gasteiger charge is -1.99. The van der Waals surface area contributed by atoms with E-state index in [9.17, 15) is 0 Å². The lowest BCUT2D eigenvalue weighted by atomic mass is 10.2. The van der Waals surface area contributed by atoms with Crippen molar-refractivity contribution >= 4 is 17.0 Å². The quantitative estimate of drug-likeness (QED) is 0.630. The molecule has 0 aliphatic carbocycles. The maximum Gasteiger partial charge on any atom is 0.154 e. The van der Waals surface area contributed by atoms with E-state index in [0.29, 0.717) is 10.9 Å². The summed E-state index contributed by atoms with van der Waals surface area (Å²) in [4.78, 5) is 1.54. The molecule has 1 aromatic carbocycles. The van der Waals surface area contributed by atoms with Crippen LogP contribution in [0.3, 0.4) is 0 Å². The van der Waals surface area contributed by atoms with Crippen LogP contribution in [0.2, 0.25) is 0 Å². The van der Waals surface area contributed by atoms with Gasteiger partial charge in [0.25, 0.3) is 0 Å².